The second-order valence-corrected chi connectivity index (χ2v) is 6.37. The van der Waals surface area contributed by atoms with Crippen molar-refractivity contribution in [3.63, 3.8) is 0 Å². The average Bonchev–Trinajstić information content (AvgIpc) is 3.09. The number of methoxy groups -OCH3 is 1. The van der Waals surface area contributed by atoms with Gasteiger partial charge in [-0.1, -0.05) is 12.1 Å². The Morgan fingerprint density at radius 1 is 1.40 bits per heavy atom. The van der Waals surface area contributed by atoms with Crippen molar-refractivity contribution in [3.05, 3.63) is 63.5 Å². The summed E-state index contributed by atoms with van der Waals surface area (Å²) in [6.45, 7) is 0.225. The van der Waals surface area contributed by atoms with Gasteiger partial charge in [0.25, 0.3) is 5.56 Å². The number of benzene rings is 1. The minimum absolute atomic E-state index is 0.178. The number of fused-ring (bicyclic) bond motifs is 1. The third kappa shape index (κ3) is 3.95. The number of aromatic amines is 1. The second kappa shape index (κ2) is 7.31. The summed E-state index contributed by atoms with van der Waals surface area (Å²) in [4.78, 5) is 32.8. The number of H-pyrrole nitrogens is 1. The van der Waals surface area contributed by atoms with Gasteiger partial charge in [0, 0.05) is 13.1 Å². The van der Waals surface area contributed by atoms with Crippen molar-refractivity contribution in [1.29, 1.82) is 0 Å². The van der Waals surface area contributed by atoms with Crippen LogP contribution >= 0.6 is 11.3 Å². The molecule has 0 saturated carbocycles. The van der Waals surface area contributed by atoms with E-state index >= 15 is 0 Å². The highest BCUT2D eigenvalue weighted by Crippen LogP contribution is 2.15. The summed E-state index contributed by atoms with van der Waals surface area (Å²) in [5.74, 6) is 1.01. The number of ether oxygens (including phenoxy) is 1. The van der Waals surface area contributed by atoms with Gasteiger partial charge in [-0.25, -0.2) is 4.98 Å². The standard InChI is InChI=1S/C18H17N3O3S/c1-21(11-15-19-14-8-9-25-17(14)18(23)20-15)16(22)7-6-12-4-3-5-13(10-12)24-2/h3-10H,11H2,1-2H3,(H,19,20,23). The molecule has 25 heavy (non-hydrogen) atoms. The van der Waals surface area contributed by atoms with Crippen LogP contribution in [0.5, 0.6) is 5.75 Å². The highest BCUT2D eigenvalue weighted by molar-refractivity contribution is 7.17. The van der Waals surface area contributed by atoms with E-state index < -0.39 is 0 Å². The molecule has 128 valence electrons. The molecule has 3 aromatic rings. The monoisotopic (exact) mass is 355 g/mol. The molecule has 0 fully saturated rings. The van der Waals surface area contributed by atoms with E-state index in [0.29, 0.717) is 16.0 Å². The Bertz CT molecular complexity index is 990. The normalized spacial score (nSPS) is 11.1. The summed E-state index contributed by atoms with van der Waals surface area (Å²) >= 11 is 1.35. The molecule has 0 radical (unpaired) electrons. The van der Waals surface area contributed by atoms with E-state index in [1.807, 2.05) is 29.6 Å². The first-order chi connectivity index (χ1) is 12.1. The van der Waals surface area contributed by atoms with Gasteiger partial charge >= 0.3 is 0 Å². The van der Waals surface area contributed by atoms with Crippen LogP contribution in [0.3, 0.4) is 0 Å². The number of amides is 1. The number of rotatable bonds is 5. The maximum atomic E-state index is 12.3. The maximum Gasteiger partial charge on any atom is 0.268 e. The molecule has 2 heterocycles. The van der Waals surface area contributed by atoms with Crippen LogP contribution in [0.25, 0.3) is 16.3 Å². The van der Waals surface area contributed by atoms with E-state index in [4.69, 9.17) is 4.74 Å². The molecule has 0 aliphatic heterocycles. The summed E-state index contributed by atoms with van der Waals surface area (Å²) in [6.07, 6.45) is 3.20. The van der Waals surface area contributed by atoms with Crippen LogP contribution in [0.2, 0.25) is 0 Å². The van der Waals surface area contributed by atoms with Gasteiger partial charge in [-0.2, -0.15) is 0 Å². The fourth-order valence-corrected chi connectivity index (χ4v) is 3.06. The van der Waals surface area contributed by atoms with Crippen LogP contribution in [-0.2, 0) is 11.3 Å². The lowest BCUT2D eigenvalue weighted by molar-refractivity contribution is -0.125. The smallest absolute Gasteiger partial charge is 0.268 e. The van der Waals surface area contributed by atoms with Gasteiger partial charge in [0.1, 0.15) is 16.3 Å². The molecular weight excluding hydrogens is 338 g/mol. The molecule has 0 atom stereocenters. The first-order valence-electron chi connectivity index (χ1n) is 7.60. The van der Waals surface area contributed by atoms with Crippen molar-refractivity contribution in [3.8, 4) is 5.75 Å². The van der Waals surface area contributed by atoms with E-state index in [1.54, 1.807) is 26.3 Å². The predicted molar refractivity (Wildman–Crippen MR) is 98.7 cm³/mol. The molecule has 7 heteroatoms. The van der Waals surface area contributed by atoms with E-state index in [2.05, 4.69) is 9.97 Å². The Morgan fingerprint density at radius 2 is 2.24 bits per heavy atom. The number of thiophene rings is 1. The zero-order chi connectivity index (χ0) is 17.8. The number of hydrogen-bond acceptors (Lipinski definition) is 5. The van der Waals surface area contributed by atoms with Gasteiger partial charge in [-0.15, -0.1) is 11.3 Å². The van der Waals surface area contributed by atoms with E-state index in [0.717, 1.165) is 11.3 Å². The number of carbonyl (C=O) groups is 1. The Labute approximate surface area is 148 Å². The van der Waals surface area contributed by atoms with Crippen LogP contribution in [0, 0.1) is 0 Å². The van der Waals surface area contributed by atoms with Gasteiger partial charge in [0.2, 0.25) is 5.91 Å². The summed E-state index contributed by atoms with van der Waals surface area (Å²) in [5, 5.41) is 1.82. The summed E-state index contributed by atoms with van der Waals surface area (Å²) < 4.78 is 5.75. The Kier molecular flexibility index (Phi) is 4.95. The molecule has 0 aliphatic carbocycles. The molecule has 2 aromatic heterocycles. The molecular formula is C18H17N3O3S. The lowest BCUT2D eigenvalue weighted by Gasteiger charge is -2.14. The largest absolute Gasteiger partial charge is 0.497 e. The Balaban J connectivity index is 1.71. The quantitative estimate of drug-likeness (QED) is 0.714. The number of carbonyl (C=O) groups excluding carboxylic acids is 1. The lowest BCUT2D eigenvalue weighted by Crippen LogP contribution is -2.26. The predicted octanol–water partition coefficient (Wildman–Crippen LogP) is 2.67. The summed E-state index contributed by atoms with van der Waals surface area (Å²) in [7, 11) is 3.26. The fourth-order valence-electron chi connectivity index (χ4n) is 2.34. The SMILES string of the molecule is COc1cccc(C=CC(=O)N(C)Cc2nc3ccsc3c(=O)[nH]2)c1. The molecule has 6 nitrogen and oxygen atoms in total. The van der Waals surface area contributed by atoms with Crippen molar-refractivity contribution in [1.82, 2.24) is 14.9 Å². The first kappa shape index (κ1) is 16.9. The van der Waals surface area contributed by atoms with Crippen LogP contribution in [-0.4, -0.2) is 34.9 Å². The van der Waals surface area contributed by atoms with E-state index in [9.17, 15) is 9.59 Å². The lowest BCUT2D eigenvalue weighted by atomic mass is 10.2. The van der Waals surface area contributed by atoms with Crippen molar-refractivity contribution >= 4 is 33.5 Å². The topological polar surface area (TPSA) is 75.3 Å². The molecule has 0 bridgehead atoms. The zero-order valence-electron chi connectivity index (χ0n) is 13.9. The van der Waals surface area contributed by atoms with Crippen LogP contribution in [0.1, 0.15) is 11.4 Å². The van der Waals surface area contributed by atoms with E-state index in [1.165, 1.54) is 22.3 Å². The first-order valence-corrected chi connectivity index (χ1v) is 8.48. The molecule has 3 rings (SSSR count). The van der Waals surface area contributed by atoms with Crippen molar-refractivity contribution in [2.75, 3.05) is 14.2 Å². The molecule has 1 N–H and O–H groups in total. The molecule has 0 spiro atoms. The third-order valence-corrected chi connectivity index (χ3v) is 4.54. The van der Waals surface area contributed by atoms with Gasteiger partial charge in [0.05, 0.1) is 19.2 Å². The van der Waals surface area contributed by atoms with Gasteiger partial charge in [0.15, 0.2) is 0 Å². The van der Waals surface area contributed by atoms with Crippen molar-refractivity contribution < 1.29 is 9.53 Å². The minimum atomic E-state index is -0.184. The second-order valence-electron chi connectivity index (χ2n) is 5.45. The minimum Gasteiger partial charge on any atom is -0.497 e. The highest BCUT2D eigenvalue weighted by Gasteiger charge is 2.10. The van der Waals surface area contributed by atoms with Gasteiger partial charge in [-0.05, 0) is 35.2 Å². The number of nitrogens with one attached hydrogen (secondary N) is 1. The molecule has 1 aromatic carbocycles. The van der Waals surface area contributed by atoms with Crippen molar-refractivity contribution in [2.24, 2.45) is 0 Å². The Hall–Kier alpha value is -2.93. The van der Waals surface area contributed by atoms with Crippen LogP contribution in [0.15, 0.2) is 46.6 Å². The number of aromatic nitrogens is 2. The maximum absolute atomic E-state index is 12.3. The van der Waals surface area contributed by atoms with E-state index in [-0.39, 0.29) is 18.0 Å². The highest BCUT2D eigenvalue weighted by atomic mass is 32.1. The number of nitrogens with zero attached hydrogens (tertiary/aromatic N) is 2. The van der Waals surface area contributed by atoms with Crippen LogP contribution in [0.4, 0.5) is 0 Å². The third-order valence-electron chi connectivity index (χ3n) is 3.64. The fraction of sp³-hybridized carbons (Fsp3) is 0.167. The van der Waals surface area contributed by atoms with Gasteiger partial charge in [-0.3, -0.25) is 9.59 Å². The van der Waals surface area contributed by atoms with Gasteiger partial charge < -0.3 is 14.6 Å². The summed E-state index contributed by atoms with van der Waals surface area (Å²) in [6, 6.07) is 9.22. The molecule has 1 amide bonds. The zero-order valence-corrected chi connectivity index (χ0v) is 14.7. The number of hydrogen-bond donors (Lipinski definition) is 1. The summed E-state index contributed by atoms with van der Waals surface area (Å²) in [5.41, 5.74) is 1.34. The molecule has 0 unspecified atom stereocenters. The molecule has 0 aliphatic rings. The number of likely N-dealkylation sites (N-methyl/N-ethyl adjacent to an activating group) is 1. The average molecular weight is 355 g/mol. The Morgan fingerprint density at radius 3 is 3.04 bits per heavy atom. The molecule has 0 saturated heterocycles. The van der Waals surface area contributed by atoms with Crippen molar-refractivity contribution in [2.45, 2.75) is 6.54 Å². The van der Waals surface area contributed by atoms with Crippen LogP contribution < -0.4 is 10.3 Å².